The summed E-state index contributed by atoms with van der Waals surface area (Å²) in [5.41, 5.74) is 0. The van der Waals surface area contributed by atoms with Crippen molar-refractivity contribution >= 4 is 17.7 Å². The molecule has 1 aliphatic heterocycles. The van der Waals surface area contributed by atoms with E-state index in [-0.39, 0.29) is 11.3 Å². The van der Waals surface area contributed by atoms with Gasteiger partial charge >= 0.3 is 0 Å². The first-order valence-electron chi connectivity index (χ1n) is 9.88. The maximum absolute atomic E-state index is 12.5. The van der Waals surface area contributed by atoms with Gasteiger partial charge in [0.2, 0.25) is 0 Å². The van der Waals surface area contributed by atoms with Crippen LogP contribution in [0.5, 0.6) is 0 Å². The molecule has 2 N–H and O–H groups in total. The monoisotopic (exact) mass is 396 g/mol. The molecule has 1 heterocycles. The molecule has 0 bridgehead atoms. The Balaban J connectivity index is 1.50. The lowest BCUT2D eigenvalue weighted by atomic mass is 10.1. The van der Waals surface area contributed by atoms with Gasteiger partial charge in [-0.3, -0.25) is 9.89 Å². The maximum atomic E-state index is 12.5. The Labute approximate surface area is 165 Å². The summed E-state index contributed by atoms with van der Waals surface area (Å²) in [6.45, 7) is 5.00. The minimum absolute atomic E-state index is 0.111. The van der Waals surface area contributed by atoms with E-state index >= 15 is 0 Å². The first-order valence-corrected chi connectivity index (χ1v) is 10.7. The van der Waals surface area contributed by atoms with Crippen LogP contribution in [0.15, 0.2) is 40.2 Å². The molecule has 1 saturated heterocycles. The number of benzene rings is 1. The molecule has 2 fully saturated rings. The van der Waals surface area contributed by atoms with Gasteiger partial charge in [-0.2, -0.15) is 0 Å². The Morgan fingerprint density at radius 1 is 1.26 bits per heavy atom. The topological polar surface area (TPSA) is 39.7 Å². The Kier molecular flexibility index (Phi) is 7.35. The number of nitrogens with zero attached hydrogens (tertiary/aromatic N) is 2. The van der Waals surface area contributed by atoms with Gasteiger partial charge in [-0.1, -0.05) is 18.2 Å². The van der Waals surface area contributed by atoms with E-state index in [0.29, 0.717) is 6.04 Å². The largest absolute Gasteiger partial charge is 0.357 e. The lowest BCUT2D eigenvalue weighted by Gasteiger charge is -2.32. The van der Waals surface area contributed by atoms with Crippen molar-refractivity contribution in [3.63, 3.8) is 0 Å². The number of piperidine rings is 1. The van der Waals surface area contributed by atoms with Crippen molar-refractivity contribution in [1.29, 1.82) is 0 Å². The third-order valence-corrected chi connectivity index (χ3v) is 6.56. The van der Waals surface area contributed by atoms with E-state index in [2.05, 4.69) is 41.8 Å². The van der Waals surface area contributed by atoms with Gasteiger partial charge in [-0.15, -0.1) is 11.8 Å². The van der Waals surface area contributed by atoms with Crippen molar-refractivity contribution in [2.75, 3.05) is 32.7 Å². The van der Waals surface area contributed by atoms with E-state index in [0.717, 1.165) is 45.0 Å². The highest BCUT2D eigenvalue weighted by atomic mass is 32.2. The normalized spacial score (nSPS) is 20.7. The highest BCUT2D eigenvalue weighted by Gasteiger charge is 2.43. The smallest absolute Gasteiger partial charge is 0.251 e. The number of guanidine groups is 1. The Morgan fingerprint density at radius 3 is 2.56 bits per heavy atom. The molecule has 1 aromatic rings. The summed E-state index contributed by atoms with van der Waals surface area (Å²) < 4.78 is 25.3. The number of aliphatic imine (C=N–C) groups is 1. The molecule has 0 unspecified atom stereocenters. The number of alkyl halides is 2. The fourth-order valence-corrected chi connectivity index (χ4v) is 4.59. The minimum Gasteiger partial charge on any atom is -0.357 e. The molecule has 7 heteroatoms. The quantitative estimate of drug-likeness (QED) is 0.520. The summed E-state index contributed by atoms with van der Waals surface area (Å²) in [6.07, 6.45) is 1.90. The number of halogens is 2. The van der Waals surface area contributed by atoms with E-state index in [4.69, 9.17) is 4.99 Å². The van der Waals surface area contributed by atoms with Crippen LogP contribution in [0.4, 0.5) is 8.78 Å². The van der Waals surface area contributed by atoms with Crippen LogP contribution < -0.4 is 10.6 Å². The standard InChI is InChI=1S/C20H30F2N4S/c1-2-23-19(25-16-8-12-26(13-9-16)14-18(21)22)24-15-20(10-11-20)27-17-6-4-3-5-7-17/h3-7,16,18H,2,8-15H2,1H3,(H2,23,24,25). The molecular formula is C20H30F2N4S. The minimum atomic E-state index is -2.25. The zero-order valence-corrected chi connectivity index (χ0v) is 16.8. The first kappa shape index (κ1) is 20.4. The number of hydrogen-bond donors (Lipinski definition) is 2. The zero-order valence-electron chi connectivity index (χ0n) is 16.0. The van der Waals surface area contributed by atoms with Crippen molar-refractivity contribution in [3.05, 3.63) is 30.3 Å². The fraction of sp³-hybridized carbons (Fsp3) is 0.650. The number of hydrogen-bond acceptors (Lipinski definition) is 3. The van der Waals surface area contributed by atoms with Gasteiger partial charge in [-0.05, 0) is 44.7 Å². The van der Waals surface area contributed by atoms with Crippen LogP contribution in [0.25, 0.3) is 0 Å². The van der Waals surface area contributed by atoms with Crippen LogP contribution in [0, 0.1) is 0 Å². The molecule has 1 aromatic carbocycles. The van der Waals surface area contributed by atoms with E-state index in [1.807, 2.05) is 22.7 Å². The molecule has 1 aliphatic carbocycles. The molecule has 2 aliphatic rings. The zero-order chi connectivity index (χ0) is 19.1. The maximum Gasteiger partial charge on any atom is 0.251 e. The van der Waals surface area contributed by atoms with Crippen LogP contribution in [0.3, 0.4) is 0 Å². The highest BCUT2D eigenvalue weighted by Crippen LogP contribution is 2.51. The third-order valence-electron chi connectivity index (χ3n) is 5.08. The van der Waals surface area contributed by atoms with Gasteiger partial charge < -0.3 is 10.6 Å². The van der Waals surface area contributed by atoms with Crippen LogP contribution in [-0.2, 0) is 0 Å². The van der Waals surface area contributed by atoms with Gasteiger partial charge in [0.05, 0.1) is 13.1 Å². The SMILES string of the molecule is CCNC(=NCC1(Sc2ccccc2)CC1)NC1CCN(CC(F)F)CC1. The van der Waals surface area contributed by atoms with Crippen LogP contribution in [0.2, 0.25) is 0 Å². The molecule has 150 valence electrons. The Morgan fingerprint density at radius 2 is 1.96 bits per heavy atom. The van der Waals surface area contributed by atoms with Gasteiger partial charge in [0.1, 0.15) is 0 Å². The second kappa shape index (κ2) is 9.73. The van der Waals surface area contributed by atoms with E-state index in [9.17, 15) is 8.78 Å². The first-order chi connectivity index (χ1) is 13.1. The summed E-state index contributed by atoms with van der Waals surface area (Å²) in [7, 11) is 0. The second-order valence-corrected chi connectivity index (χ2v) is 8.95. The predicted molar refractivity (Wildman–Crippen MR) is 109 cm³/mol. The number of likely N-dealkylation sites (tertiary alicyclic amines) is 1. The molecule has 3 rings (SSSR count). The van der Waals surface area contributed by atoms with Crippen LogP contribution >= 0.6 is 11.8 Å². The second-order valence-electron chi connectivity index (χ2n) is 7.40. The lowest BCUT2D eigenvalue weighted by Crippen LogP contribution is -2.49. The number of rotatable bonds is 8. The molecule has 0 radical (unpaired) electrons. The van der Waals surface area contributed by atoms with Gasteiger partial charge in [0, 0.05) is 35.3 Å². The van der Waals surface area contributed by atoms with Gasteiger partial charge in [0.25, 0.3) is 6.43 Å². The van der Waals surface area contributed by atoms with Crippen molar-refractivity contribution in [2.45, 2.75) is 54.7 Å². The summed E-state index contributed by atoms with van der Waals surface area (Å²) in [6, 6.07) is 10.8. The fourth-order valence-electron chi connectivity index (χ4n) is 3.36. The summed E-state index contributed by atoms with van der Waals surface area (Å²) >= 11 is 1.93. The molecule has 0 atom stereocenters. The van der Waals surface area contributed by atoms with Crippen LogP contribution in [-0.4, -0.2) is 60.8 Å². The summed E-state index contributed by atoms with van der Waals surface area (Å²) in [5, 5.41) is 6.84. The molecule has 1 saturated carbocycles. The summed E-state index contributed by atoms with van der Waals surface area (Å²) in [5.74, 6) is 0.852. The van der Waals surface area contributed by atoms with Crippen molar-refractivity contribution in [2.24, 2.45) is 4.99 Å². The molecular weight excluding hydrogens is 366 g/mol. The Hall–Kier alpha value is -1.34. The Bertz CT molecular complexity index is 599. The van der Waals surface area contributed by atoms with E-state index < -0.39 is 6.43 Å². The lowest BCUT2D eigenvalue weighted by molar-refractivity contribution is 0.0744. The van der Waals surface area contributed by atoms with Gasteiger partial charge in [-0.25, -0.2) is 8.78 Å². The van der Waals surface area contributed by atoms with E-state index in [1.165, 1.54) is 17.7 Å². The highest BCUT2D eigenvalue weighted by molar-refractivity contribution is 8.01. The summed E-state index contributed by atoms with van der Waals surface area (Å²) in [4.78, 5) is 8.00. The average molecular weight is 397 g/mol. The van der Waals surface area contributed by atoms with Gasteiger partial charge in [0.15, 0.2) is 5.96 Å². The number of thioether (sulfide) groups is 1. The van der Waals surface area contributed by atoms with Crippen LogP contribution in [0.1, 0.15) is 32.6 Å². The predicted octanol–water partition coefficient (Wildman–Crippen LogP) is 3.60. The number of nitrogens with one attached hydrogen (secondary N) is 2. The third kappa shape index (κ3) is 6.64. The van der Waals surface area contributed by atoms with E-state index in [1.54, 1.807) is 0 Å². The molecule has 4 nitrogen and oxygen atoms in total. The molecule has 0 aromatic heterocycles. The molecule has 0 amide bonds. The molecule has 27 heavy (non-hydrogen) atoms. The molecule has 0 spiro atoms. The van der Waals surface area contributed by atoms with Crippen molar-refractivity contribution in [1.82, 2.24) is 15.5 Å². The van der Waals surface area contributed by atoms with Crippen molar-refractivity contribution < 1.29 is 8.78 Å². The van der Waals surface area contributed by atoms with Crippen molar-refractivity contribution in [3.8, 4) is 0 Å². The average Bonchev–Trinajstić information content (AvgIpc) is 3.42.